The molecule has 1 aliphatic rings. The number of carbonyl (C=O) groups is 2. The highest BCUT2D eigenvalue weighted by Crippen LogP contribution is 2.19. The maximum atomic E-state index is 12.7. The predicted molar refractivity (Wildman–Crippen MR) is 100 cm³/mol. The lowest BCUT2D eigenvalue weighted by Crippen LogP contribution is -2.36. The molecule has 0 saturated heterocycles. The van der Waals surface area contributed by atoms with Gasteiger partial charge in [-0.05, 0) is 37.1 Å². The first-order valence-electron chi connectivity index (χ1n) is 8.73. The molecule has 1 aliphatic heterocycles. The van der Waals surface area contributed by atoms with Crippen molar-refractivity contribution in [1.82, 2.24) is 19.9 Å². The fourth-order valence-electron chi connectivity index (χ4n) is 3.29. The van der Waals surface area contributed by atoms with Gasteiger partial charge >= 0.3 is 0 Å². The van der Waals surface area contributed by atoms with Crippen molar-refractivity contribution in [2.45, 2.75) is 32.9 Å². The number of carbonyl (C=O) groups excluding carboxylic acids is 2. The van der Waals surface area contributed by atoms with Gasteiger partial charge in [0, 0.05) is 23.7 Å². The topological polar surface area (TPSA) is 109 Å². The van der Waals surface area contributed by atoms with E-state index < -0.39 is 0 Å². The van der Waals surface area contributed by atoms with Crippen molar-refractivity contribution >= 4 is 28.4 Å². The van der Waals surface area contributed by atoms with Crippen LogP contribution in [0.3, 0.4) is 0 Å². The van der Waals surface area contributed by atoms with Crippen LogP contribution in [-0.2, 0) is 29.1 Å². The fraction of sp³-hybridized carbons (Fsp3) is 0.263. The average Bonchev–Trinajstić information content (AvgIpc) is 3.12. The Morgan fingerprint density at radius 1 is 1.30 bits per heavy atom. The average molecular weight is 365 g/mol. The van der Waals surface area contributed by atoms with E-state index in [1.54, 1.807) is 13.1 Å². The molecule has 4 heterocycles. The van der Waals surface area contributed by atoms with Gasteiger partial charge in [-0.1, -0.05) is 0 Å². The lowest BCUT2D eigenvalue weighted by molar-refractivity contribution is -0.122. The van der Waals surface area contributed by atoms with Gasteiger partial charge in [0.2, 0.25) is 11.8 Å². The molecule has 8 nitrogen and oxygen atoms in total. The summed E-state index contributed by atoms with van der Waals surface area (Å²) in [5.41, 5.74) is 3.11. The molecule has 0 aliphatic carbocycles. The molecule has 0 fully saturated rings. The molecule has 0 spiro atoms. The van der Waals surface area contributed by atoms with Crippen LogP contribution in [0, 0.1) is 6.92 Å². The van der Waals surface area contributed by atoms with E-state index in [9.17, 15) is 14.4 Å². The van der Waals surface area contributed by atoms with E-state index >= 15 is 0 Å². The minimum Gasteiger partial charge on any atom is -0.360 e. The van der Waals surface area contributed by atoms with Crippen LogP contribution in [0.25, 0.3) is 10.9 Å². The molecule has 3 aromatic heterocycles. The first-order valence-corrected chi connectivity index (χ1v) is 8.73. The van der Waals surface area contributed by atoms with E-state index in [1.807, 2.05) is 24.4 Å². The summed E-state index contributed by atoms with van der Waals surface area (Å²) in [5, 5.41) is 6.43. The molecule has 0 unspecified atom stereocenters. The van der Waals surface area contributed by atoms with E-state index in [0.29, 0.717) is 18.5 Å². The molecule has 4 rings (SSSR count). The minimum atomic E-state index is -0.347. The van der Waals surface area contributed by atoms with Crippen molar-refractivity contribution in [3.63, 3.8) is 0 Å². The zero-order valence-electron chi connectivity index (χ0n) is 14.8. The number of nitrogens with one attached hydrogen (secondary N) is 3. The molecule has 0 saturated carbocycles. The third-order valence-electron chi connectivity index (χ3n) is 4.74. The van der Waals surface area contributed by atoms with Crippen LogP contribution in [0.1, 0.15) is 23.4 Å². The zero-order valence-corrected chi connectivity index (χ0v) is 14.8. The van der Waals surface area contributed by atoms with E-state index in [2.05, 4.69) is 20.6 Å². The van der Waals surface area contributed by atoms with E-state index in [-0.39, 0.29) is 36.2 Å². The Bertz CT molecular complexity index is 1110. The number of pyridine rings is 2. The quantitative estimate of drug-likeness (QED) is 0.646. The first kappa shape index (κ1) is 17.0. The third kappa shape index (κ3) is 3.33. The summed E-state index contributed by atoms with van der Waals surface area (Å²) < 4.78 is 1.38. The number of aromatic amines is 1. The summed E-state index contributed by atoms with van der Waals surface area (Å²) in [4.78, 5) is 43.9. The highest BCUT2D eigenvalue weighted by atomic mass is 16.2. The Morgan fingerprint density at radius 3 is 3.00 bits per heavy atom. The standard InChI is InChI=1S/C19H19N5O3/c1-11-6-13-2-3-16(25)23-18(13)19(27)24(11)10-17(26)22-8-14-7-12-4-5-20-15(12)9-21-14/h4-7,9,20H,2-3,8,10H2,1H3,(H,22,26)(H,23,25). The molecular formula is C19H19N5O3. The number of H-pyrrole nitrogens is 1. The molecule has 0 aromatic carbocycles. The Morgan fingerprint density at radius 2 is 2.15 bits per heavy atom. The summed E-state index contributed by atoms with van der Waals surface area (Å²) in [6.45, 7) is 1.95. The number of aryl methyl sites for hydroxylation is 2. The number of hydrogen-bond donors (Lipinski definition) is 3. The Labute approximate surface area is 154 Å². The van der Waals surface area contributed by atoms with Crippen LogP contribution in [-0.4, -0.2) is 26.3 Å². The largest absolute Gasteiger partial charge is 0.360 e. The molecule has 138 valence electrons. The Kier molecular flexibility index (Phi) is 4.23. The molecule has 2 amide bonds. The smallest absolute Gasteiger partial charge is 0.275 e. The third-order valence-corrected chi connectivity index (χ3v) is 4.74. The molecule has 3 N–H and O–H groups in total. The molecule has 0 bridgehead atoms. The van der Waals surface area contributed by atoms with Crippen LogP contribution in [0.4, 0.5) is 5.69 Å². The van der Waals surface area contributed by atoms with Crippen molar-refractivity contribution in [2.24, 2.45) is 0 Å². The minimum absolute atomic E-state index is 0.111. The molecule has 27 heavy (non-hydrogen) atoms. The van der Waals surface area contributed by atoms with Gasteiger partial charge in [0.25, 0.3) is 5.56 Å². The molecule has 0 radical (unpaired) electrons. The molecule has 3 aromatic rings. The second kappa shape index (κ2) is 6.71. The van der Waals surface area contributed by atoms with Crippen molar-refractivity contribution in [2.75, 3.05) is 5.32 Å². The van der Waals surface area contributed by atoms with Gasteiger partial charge in [-0.15, -0.1) is 0 Å². The SMILES string of the molecule is Cc1cc2c(c(=O)n1CC(=O)NCc1cc3cc[nH]c3cn1)NC(=O)CC2. The van der Waals surface area contributed by atoms with Gasteiger partial charge in [-0.2, -0.15) is 0 Å². The van der Waals surface area contributed by atoms with Crippen LogP contribution in [0.15, 0.2) is 35.4 Å². The van der Waals surface area contributed by atoms with Gasteiger partial charge in [-0.3, -0.25) is 19.4 Å². The van der Waals surface area contributed by atoms with E-state index in [4.69, 9.17) is 0 Å². The fourth-order valence-corrected chi connectivity index (χ4v) is 3.29. The monoisotopic (exact) mass is 365 g/mol. The summed E-state index contributed by atoms with van der Waals surface area (Å²) in [6, 6.07) is 5.69. The number of hydrogen-bond acceptors (Lipinski definition) is 4. The van der Waals surface area contributed by atoms with Crippen molar-refractivity contribution in [3.05, 3.63) is 57.9 Å². The highest BCUT2D eigenvalue weighted by Gasteiger charge is 2.21. The van der Waals surface area contributed by atoms with Gasteiger partial charge in [0.1, 0.15) is 12.2 Å². The van der Waals surface area contributed by atoms with Crippen molar-refractivity contribution < 1.29 is 9.59 Å². The highest BCUT2D eigenvalue weighted by molar-refractivity contribution is 5.93. The van der Waals surface area contributed by atoms with Crippen LogP contribution >= 0.6 is 0 Å². The van der Waals surface area contributed by atoms with Crippen LogP contribution in [0.5, 0.6) is 0 Å². The first-order chi connectivity index (χ1) is 13.0. The van der Waals surface area contributed by atoms with Gasteiger partial charge in [-0.25, -0.2) is 0 Å². The molecule has 8 heteroatoms. The number of amides is 2. The number of fused-ring (bicyclic) bond motifs is 2. The number of aromatic nitrogens is 3. The van der Waals surface area contributed by atoms with E-state index in [0.717, 1.165) is 22.2 Å². The summed E-state index contributed by atoms with van der Waals surface area (Å²) in [6.07, 6.45) is 4.46. The lowest BCUT2D eigenvalue weighted by atomic mass is 10.0. The van der Waals surface area contributed by atoms with Crippen LogP contribution in [0.2, 0.25) is 0 Å². The molecular weight excluding hydrogens is 346 g/mol. The van der Waals surface area contributed by atoms with Gasteiger partial charge < -0.3 is 20.2 Å². The van der Waals surface area contributed by atoms with E-state index in [1.165, 1.54) is 4.57 Å². The maximum Gasteiger partial charge on any atom is 0.275 e. The normalized spacial score (nSPS) is 13.3. The number of nitrogens with zero attached hydrogens (tertiary/aromatic N) is 2. The van der Waals surface area contributed by atoms with Crippen LogP contribution < -0.4 is 16.2 Å². The van der Waals surface area contributed by atoms with Crippen molar-refractivity contribution in [3.8, 4) is 0 Å². The second-order valence-electron chi connectivity index (χ2n) is 6.64. The lowest BCUT2D eigenvalue weighted by Gasteiger charge is -2.19. The van der Waals surface area contributed by atoms with Gasteiger partial charge in [0.05, 0.1) is 24.0 Å². The summed E-state index contributed by atoms with van der Waals surface area (Å²) >= 11 is 0. The maximum absolute atomic E-state index is 12.7. The second-order valence-corrected chi connectivity index (χ2v) is 6.64. The summed E-state index contributed by atoms with van der Waals surface area (Å²) in [5.74, 6) is -0.469. The Balaban J connectivity index is 1.48. The zero-order chi connectivity index (χ0) is 19.0. The number of anilines is 1. The number of rotatable bonds is 4. The Hall–Kier alpha value is -3.42. The summed E-state index contributed by atoms with van der Waals surface area (Å²) in [7, 11) is 0. The predicted octanol–water partition coefficient (Wildman–Crippen LogP) is 1.23. The van der Waals surface area contributed by atoms with Crippen molar-refractivity contribution in [1.29, 1.82) is 0 Å². The molecule has 0 atom stereocenters. The van der Waals surface area contributed by atoms with Gasteiger partial charge in [0.15, 0.2) is 0 Å².